The van der Waals surface area contributed by atoms with Gasteiger partial charge >= 0.3 is 0 Å². The van der Waals surface area contributed by atoms with Crippen molar-refractivity contribution in [3.63, 3.8) is 0 Å². The molecule has 1 aliphatic rings. The van der Waals surface area contributed by atoms with Gasteiger partial charge in [-0.15, -0.1) is 23.1 Å². The van der Waals surface area contributed by atoms with Crippen molar-refractivity contribution in [2.24, 2.45) is 5.73 Å². The highest BCUT2D eigenvalue weighted by Gasteiger charge is 2.39. The Balaban J connectivity index is 1.90. The highest BCUT2D eigenvalue weighted by molar-refractivity contribution is 7.98. The highest BCUT2D eigenvalue weighted by Crippen LogP contribution is 2.37. The normalized spacial score (nSPS) is 25.0. The van der Waals surface area contributed by atoms with E-state index in [0.29, 0.717) is 6.42 Å². The standard InChI is InChI=1S/C17H21N3OS2/c1-17(9-15(21)20(2)16(18)19-17)14-8-12(10-23-14)11-5-4-6-13(7-11)22-3/h4-8,10,16,19H,9,18H2,1-3H3/t16?,17-/m0/s1. The molecule has 0 radical (unpaired) electrons. The molecule has 2 atom stereocenters. The van der Waals surface area contributed by atoms with Crippen LogP contribution in [0.3, 0.4) is 0 Å². The maximum atomic E-state index is 12.2. The minimum absolute atomic E-state index is 0.0677. The van der Waals surface area contributed by atoms with E-state index in [4.69, 9.17) is 5.73 Å². The van der Waals surface area contributed by atoms with Crippen molar-refractivity contribution in [3.05, 3.63) is 40.6 Å². The number of thioether (sulfide) groups is 1. The molecule has 0 spiro atoms. The average molecular weight is 348 g/mol. The minimum Gasteiger partial charge on any atom is -0.317 e. The fourth-order valence-corrected chi connectivity index (χ4v) is 4.30. The van der Waals surface area contributed by atoms with Crippen molar-refractivity contribution in [3.8, 4) is 11.1 Å². The summed E-state index contributed by atoms with van der Waals surface area (Å²) in [7, 11) is 1.73. The van der Waals surface area contributed by atoms with Crippen molar-refractivity contribution >= 4 is 29.0 Å². The molecule has 6 heteroatoms. The Morgan fingerprint density at radius 1 is 1.39 bits per heavy atom. The van der Waals surface area contributed by atoms with E-state index >= 15 is 0 Å². The molecule has 0 aliphatic carbocycles. The summed E-state index contributed by atoms with van der Waals surface area (Å²) in [6.45, 7) is 2.05. The zero-order valence-electron chi connectivity index (χ0n) is 13.5. The smallest absolute Gasteiger partial charge is 0.226 e. The van der Waals surface area contributed by atoms with Gasteiger partial charge in [0, 0.05) is 23.2 Å². The molecule has 1 fully saturated rings. The number of hydrogen-bond acceptors (Lipinski definition) is 5. The molecule has 4 nitrogen and oxygen atoms in total. The number of carbonyl (C=O) groups is 1. The fraction of sp³-hybridized carbons (Fsp3) is 0.353. The summed E-state index contributed by atoms with van der Waals surface area (Å²) < 4.78 is 0. The molecule has 0 saturated carbocycles. The number of rotatable bonds is 3. The quantitative estimate of drug-likeness (QED) is 0.838. The van der Waals surface area contributed by atoms with E-state index in [9.17, 15) is 4.79 Å². The van der Waals surface area contributed by atoms with E-state index in [1.165, 1.54) is 16.0 Å². The number of thiophene rings is 1. The van der Waals surface area contributed by atoms with Gasteiger partial charge in [0.1, 0.15) is 6.29 Å². The van der Waals surface area contributed by atoms with Gasteiger partial charge in [0.05, 0.1) is 5.54 Å². The monoisotopic (exact) mass is 347 g/mol. The molecule has 1 unspecified atom stereocenters. The van der Waals surface area contributed by atoms with E-state index in [2.05, 4.69) is 47.3 Å². The second-order valence-corrected chi connectivity index (χ2v) is 7.83. The predicted octanol–water partition coefficient (Wildman–Crippen LogP) is 3.05. The summed E-state index contributed by atoms with van der Waals surface area (Å²) in [6, 6.07) is 10.7. The summed E-state index contributed by atoms with van der Waals surface area (Å²) in [5.74, 6) is 0.0677. The first-order valence-electron chi connectivity index (χ1n) is 7.45. The molecular weight excluding hydrogens is 326 g/mol. The molecule has 122 valence electrons. The van der Waals surface area contributed by atoms with Crippen LogP contribution < -0.4 is 11.1 Å². The molecule has 1 amide bonds. The van der Waals surface area contributed by atoms with Gasteiger partial charge in [0.2, 0.25) is 5.91 Å². The lowest BCUT2D eigenvalue weighted by Gasteiger charge is -2.42. The van der Waals surface area contributed by atoms with Gasteiger partial charge in [-0.25, -0.2) is 0 Å². The summed E-state index contributed by atoms with van der Waals surface area (Å²) >= 11 is 3.41. The summed E-state index contributed by atoms with van der Waals surface area (Å²) in [4.78, 5) is 16.1. The summed E-state index contributed by atoms with van der Waals surface area (Å²) in [5, 5.41) is 5.51. The van der Waals surface area contributed by atoms with Gasteiger partial charge in [0.25, 0.3) is 0 Å². The molecule has 2 aromatic rings. The Bertz CT molecular complexity index is 730. The zero-order chi connectivity index (χ0) is 16.6. The lowest BCUT2D eigenvalue weighted by molar-refractivity contribution is -0.139. The maximum absolute atomic E-state index is 12.2. The van der Waals surface area contributed by atoms with Crippen LogP contribution in [-0.2, 0) is 10.3 Å². The first-order chi connectivity index (χ1) is 10.9. The first-order valence-corrected chi connectivity index (χ1v) is 9.56. The van der Waals surface area contributed by atoms with Gasteiger partial charge in [0.15, 0.2) is 0 Å². The molecule has 3 rings (SSSR count). The molecule has 3 N–H and O–H groups in total. The minimum atomic E-state index is -0.452. The van der Waals surface area contributed by atoms with Gasteiger partial charge in [-0.3, -0.25) is 15.8 Å². The van der Waals surface area contributed by atoms with Crippen molar-refractivity contribution in [2.45, 2.75) is 30.1 Å². The van der Waals surface area contributed by atoms with E-state index in [-0.39, 0.29) is 5.91 Å². The van der Waals surface area contributed by atoms with Crippen LogP contribution in [0.4, 0.5) is 0 Å². The van der Waals surface area contributed by atoms with Crippen LogP contribution in [-0.4, -0.2) is 30.4 Å². The largest absolute Gasteiger partial charge is 0.317 e. The van der Waals surface area contributed by atoms with Gasteiger partial charge < -0.3 is 4.90 Å². The number of amides is 1. The van der Waals surface area contributed by atoms with Crippen molar-refractivity contribution in [1.29, 1.82) is 0 Å². The number of benzene rings is 1. The second kappa shape index (κ2) is 6.28. The van der Waals surface area contributed by atoms with E-state index in [0.717, 1.165) is 4.88 Å². The van der Waals surface area contributed by atoms with Crippen LogP contribution in [0.15, 0.2) is 40.6 Å². The molecule has 1 saturated heterocycles. The van der Waals surface area contributed by atoms with Gasteiger partial charge in [-0.1, -0.05) is 12.1 Å². The molecule has 1 aromatic heterocycles. The molecule has 2 heterocycles. The van der Waals surface area contributed by atoms with E-state index in [1.807, 2.05) is 6.92 Å². The maximum Gasteiger partial charge on any atom is 0.226 e. The molecule has 1 aliphatic heterocycles. The fourth-order valence-electron chi connectivity index (χ4n) is 2.79. The predicted molar refractivity (Wildman–Crippen MR) is 97.4 cm³/mol. The number of nitrogens with one attached hydrogen (secondary N) is 1. The van der Waals surface area contributed by atoms with Crippen molar-refractivity contribution in [1.82, 2.24) is 10.2 Å². The third-order valence-corrected chi connectivity index (χ3v) is 6.25. The van der Waals surface area contributed by atoms with Gasteiger partial charge in [-0.2, -0.15) is 0 Å². The topological polar surface area (TPSA) is 58.4 Å². The van der Waals surface area contributed by atoms with Crippen LogP contribution in [0.1, 0.15) is 18.2 Å². The van der Waals surface area contributed by atoms with E-state index < -0.39 is 11.8 Å². The lowest BCUT2D eigenvalue weighted by atomic mass is 9.92. The summed E-state index contributed by atoms with van der Waals surface area (Å²) in [5.41, 5.74) is 8.00. The Kier molecular flexibility index (Phi) is 4.51. The number of nitrogens with two attached hydrogens (primary N) is 1. The Labute approximate surface area is 145 Å². The molecule has 0 bridgehead atoms. The lowest BCUT2D eigenvalue weighted by Crippen LogP contribution is -2.64. The van der Waals surface area contributed by atoms with Crippen molar-refractivity contribution in [2.75, 3.05) is 13.3 Å². The number of carbonyl (C=O) groups excluding carboxylic acids is 1. The van der Waals surface area contributed by atoms with Crippen LogP contribution in [0.5, 0.6) is 0 Å². The SMILES string of the molecule is CSc1cccc(-c2csc([C@]3(C)CC(=O)N(C)C(N)N3)c2)c1. The second-order valence-electron chi connectivity index (χ2n) is 6.03. The molecule has 23 heavy (non-hydrogen) atoms. The third kappa shape index (κ3) is 3.17. The molecule has 1 aromatic carbocycles. The summed E-state index contributed by atoms with van der Waals surface area (Å²) in [6.07, 6.45) is 2.04. The Morgan fingerprint density at radius 3 is 2.87 bits per heavy atom. The first kappa shape index (κ1) is 16.5. The van der Waals surface area contributed by atoms with Crippen LogP contribution in [0.2, 0.25) is 0 Å². The average Bonchev–Trinajstić information content (AvgIpc) is 3.03. The van der Waals surface area contributed by atoms with Crippen molar-refractivity contribution < 1.29 is 4.79 Å². The third-order valence-electron chi connectivity index (χ3n) is 4.33. The Hall–Kier alpha value is -1.34. The van der Waals surface area contributed by atoms with Crippen LogP contribution in [0.25, 0.3) is 11.1 Å². The number of nitrogens with zero attached hydrogens (tertiary/aromatic N) is 1. The highest BCUT2D eigenvalue weighted by atomic mass is 32.2. The van der Waals surface area contributed by atoms with Crippen LogP contribution in [0, 0.1) is 0 Å². The van der Waals surface area contributed by atoms with Crippen LogP contribution >= 0.6 is 23.1 Å². The number of hydrogen-bond donors (Lipinski definition) is 2. The van der Waals surface area contributed by atoms with E-state index in [1.54, 1.807) is 35.0 Å². The Morgan fingerprint density at radius 2 is 2.17 bits per heavy atom. The zero-order valence-corrected chi connectivity index (χ0v) is 15.1. The molecular formula is C17H21N3OS2. The van der Waals surface area contributed by atoms with Gasteiger partial charge in [-0.05, 0) is 47.9 Å².